The van der Waals surface area contributed by atoms with Gasteiger partial charge in [-0.1, -0.05) is 31.6 Å². The van der Waals surface area contributed by atoms with Crippen LogP contribution in [0.15, 0.2) is 18.2 Å². The number of amides is 1. The van der Waals surface area contributed by atoms with Crippen LogP contribution in [0.4, 0.5) is 0 Å². The van der Waals surface area contributed by atoms with E-state index < -0.39 is 0 Å². The maximum Gasteiger partial charge on any atom is 0.267 e. The van der Waals surface area contributed by atoms with Crippen LogP contribution >= 0.6 is 0 Å². The molecule has 0 aliphatic heterocycles. The monoisotopic (exact) mass is 232 g/mol. The van der Waals surface area contributed by atoms with Crippen molar-refractivity contribution in [3.63, 3.8) is 0 Å². The molecule has 1 amide bonds. The van der Waals surface area contributed by atoms with E-state index in [1.807, 2.05) is 31.2 Å². The highest BCUT2D eigenvalue weighted by Gasteiger charge is 2.04. The number of nitrogens with one attached hydrogen (secondary N) is 2. The van der Waals surface area contributed by atoms with Crippen molar-refractivity contribution in [2.45, 2.75) is 26.7 Å². The largest absolute Gasteiger partial charge is 0.354 e. The summed E-state index contributed by atoms with van der Waals surface area (Å²) in [7, 11) is 1.63. The lowest BCUT2D eigenvalue weighted by atomic mass is 10.2. The normalized spacial score (nSPS) is 13.6. The Kier molecular flexibility index (Phi) is 5.27. The molecular formula is C14H20N2O. The summed E-state index contributed by atoms with van der Waals surface area (Å²) in [6, 6.07) is 1.89. The summed E-state index contributed by atoms with van der Waals surface area (Å²) in [5.74, 6) is -0.0868. The van der Waals surface area contributed by atoms with Gasteiger partial charge < -0.3 is 10.3 Å². The Morgan fingerprint density at radius 1 is 1.53 bits per heavy atom. The summed E-state index contributed by atoms with van der Waals surface area (Å²) in [6.45, 7) is 4.10. The maximum atomic E-state index is 11.5. The summed E-state index contributed by atoms with van der Waals surface area (Å²) in [6.07, 6.45) is 10.2. The van der Waals surface area contributed by atoms with Crippen molar-refractivity contribution in [1.29, 1.82) is 0 Å². The molecule has 0 spiro atoms. The van der Waals surface area contributed by atoms with Crippen molar-refractivity contribution in [2.24, 2.45) is 0 Å². The predicted molar refractivity (Wildman–Crippen MR) is 72.1 cm³/mol. The summed E-state index contributed by atoms with van der Waals surface area (Å²) in [4.78, 5) is 14.7. The first-order valence-electron chi connectivity index (χ1n) is 5.97. The highest BCUT2D eigenvalue weighted by atomic mass is 16.1. The molecule has 0 atom stereocenters. The third-order valence-electron chi connectivity index (χ3n) is 2.46. The van der Waals surface area contributed by atoms with E-state index in [2.05, 4.69) is 23.3 Å². The zero-order valence-corrected chi connectivity index (χ0v) is 10.7. The lowest BCUT2D eigenvalue weighted by molar-refractivity contribution is 0.0958. The zero-order valence-electron chi connectivity index (χ0n) is 10.7. The molecule has 0 fully saturated rings. The molecule has 0 aromatic carbocycles. The molecule has 92 valence electrons. The number of unbranched alkanes of at least 4 members (excludes halogenated alkanes) is 1. The Morgan fingerprint density at radius 3 is 2.88 bits per heavy atom. The topological polar surface area (TPSA) is 44.9 Å². The standard InChI is InChI=1S/C14H20N2O/c1-4-6-8-11-10-13(14(17)15-3)16-12(11)9-7-5-2/h5,7-10,16H,4,6H2,1-3H3,(H,15,17)/b7-5-,11-8-,12-9+. The van der Waals surface area contributed by atoms with E-state index in [0.717, 1.165) is 23.4 Å². The molecular weight excluding hydrogens is 212 g/mol. The average Bonchev–Trinajstić information content (AvgIpc) is 2.76. The van der Waals surface area contributed by atoms with Gasteiger partial charge in [0.15, 0.2) is 0 Å². The van der Waals surface area contributed by atoms with Crippen LogP contribution in [-0.4, -0.2) is 17.9 Å². The Balaban J connectivity index is 3.26. The second-order valence-electron chi connectivity index (χ2n) is 3.82. The first kappa shape index (κ1) is 13.3. The Morgan fingerprint density at radius 2 is 2.29 bits per heavy atom. The first-order valence-corrected chi connectivity index (χ1v) is 5.97. The van der Waals surface area contributed by atoms with Crippen LogP contribution in [0.25, 0.3) is 12.2 Å². The zero-order chi connectivity index (χ0) is 12.7. The van der Waals surface area contributed by atoms with Gasteiger partial charge in [0.25, 0.3) is 5.91 Å². The summed E-state index contributed by atoms with van der Waals surface area (Å²) >= 11 is 0. The van der Waals surface area contributed by atoms with E-state index in [9.17, 15) is 4.79 Å². The highest BCUT2D eigenvalue weighted by molar-refractivity contribution is 5.92. The number of carbonyl (C=O) groups excluding carboxylic acids is 1. The van der Waals surface area contributed by atoms with Gasteiger partial charge in [-0.15, -0.1) is 0 Å². The van der Waals surface area contributed by atoms with Crippen molar-refractivity contribution >= 4 is 18.1 Å². The number of hydrogen-bond donors (Lipinski definition) is 2. The third-order valence-corrected chi connectivity index (χ3v) is 2.46. The van der Waals surface area contributed by atoms with E-state index in [4.69, 9.17) is 0 Å². The molecule has 17 heavy (non-hydrogen) atoms. The van der Waals surface area contributed by atoms with E-state index in [-0.39, 0.29) is 5.91 Å². The maximum absolute atomic E-state index is 11.5. The molecule has 0 radical (unpaired) electrons. The van der Waals surface area contributed by atoms with Crippen LogP contribution in [0, 0.1) is 0 Å². The van der Waals surface area contributed by atoms with Crippen molar-refractivity contribution in [2.75, 3.05) is 7.05 Å². The van der Waals surface area contributed by atoms with Crippen LogP contribution in [0.2, 0.25) is 0 Å². The summed E-state index contributed by atoms with van der Waals surface area (Å²) < 4.78 is 0. The van der Waals surface area contributed by atoms with Crippen molar-refractivity contribution < 1.29 is 4.79 Å². The van der Waals surface area contributed by atoms with Crippen LogP contribution < -0.4 is 15.9 Å². The Labute approximate surface area is 102 Å². The molecule has 1 heterocycles. The minimum absolute atomic E-state index is 0.0868. The van der Waals surface area contributed by atoms with E-state index in [0.29, 0.717) is 5.69 Å². The van der Waals surface area contributed by atoms with Crippen LogP contribution in [0.1, 0.15) is 37.2 Å². The van der Waals surface area contributed by atoms with Gasteiger partial charge in [-0.25, -0.2) is 0 Å². The molecule has 3 heteroatoms. The Hall–Kier alpha value is -1.77. The van der Waals surface area contributed by atoms with Gasteiger partial charge in [0.1, 0.15) is 5.69 Å². The van der Waals surface area contributed by atoms with Crippen LogP contribution in [0.5, 0.6) is 0 Å². The first-order chi connectivity index (χ1) is 8.22. The molecule has 0 saturated carbocycles. The van der Waals surface area contributed by atoms with E-state index in [1.54, 1.807) is 7.05 Å². The van der Waals surface area contributed by atoms with Crippen molar-refractivity contribution in [3.8, 4) is 0 Å². The molecule has 1 aromatic rings. The molecule has 0 aliphatic rings. The fraction of sp³-hybridized carbons (Fsp3) is 0.357. The molecule has 0 aliphatic carbocycles. The predicted octanol–water partition coefficient (Wildman–Crippen LogP) is 1.31. The lowest BCUT2D eigenvalue weighted by Crippen LogP contribution is -2.22. The van der Waals surface area contributed by atoms with Crippen molar-refractivity contribution in [1.82, 2.24) is 10.3 Å². The second-order valence-corrected chi connectivity index (χ2v) is 3.82. The number of hydrogen-bond acceptors (Lipinski definition) is 1. The molecule has 1 rings (SSSR count). The summed E-state index contributed by atoms with van der Waals surface area (Å²) in [5, 5.41) is 4.69. The minimum atomic E-state index is -0.0868. The van der Waals surface area contributed by atoms with Crippen LogP contribution in [0.3, 0.4) is 0 Å². The smallest absolute Gasteiger partial charge is 0.267 e. The van der Waals surface area contributed by atoms with Gasteiger partial charge in [0.2, 0.25) is 0 Å². The van der Waals surface area contributed by atoms with Gasteiger partial charge in [0, 0.05) is 12.4 Å². The number of aromatic amines is 1. The van der Waals surface area contributed by atoms with Gasteiger partial charge in [-0.05, 0) is 30.7 Å². The number of rotatable bonds is 4. The lowest BCUT2D eigenvalue weighted by Gasteiger charge is -1.92. The number of aromatic nitrogens is 1. The van der Waals surface area contributed by atoms with Gasteiger partial charge in [-0.3, -0.25) is 4.79 Å². The fourth-order valence-electron chi connectivity index (χ4n) is 1.54. The fourth-order valence-corrected chi connectivity index (χ4v) is 1.54. The SMILES string of the molecule is C\C=C/C=c1/[nH]c(C(=O)NC)c/c1=C/CCC. The molecule has 0 unspecified atom stereocenters. The number of H-pyrrole nitrogens is 1. The van der Waals surface area contributed by atoms with Crippen molar-refractivity contribution in [3.05, 3.63) is 34.5 Å². The van der Waals surface area contributed by atoms with E-state index >= 15 is 0 Å². The molecule has 1 aromatic heterocycles. The molecule has 2 N–H and O–H groups in total. The number of allylic oxidation sites excluding steroid dienone is 2. The highest BCUT2D eigenvalue weighted by Crippen LogP contribution is 1.89. The minimum Gasteiger partial charge on any atom is -0.354 e. The Bertz CT molecular complexity index is 509. The molecule has 3 nitrogen and oxygen atoms in total. The average molecular weight is 232 g/mol. The molecule has 0 bridgehead atoms. The third kappa shape index (κ3) is 3.63. The van der Waals surface area contributed by atoms with Gasteiger partial charge in [-0.2, -0.15) is 0 Å². The summed E-state index contributed by atoms with van der Waals surface area (Å²) in [5.41, 5.74) is 0.602. The second kappa shape index (κ2) is 6.74. The quantitative estimate of drug-likeness (QED) is 0.808. The van der Waals surface area contributed by atoms with E-state index in [1.165, 1.54) is 0 Å². The molecule has 0 saturated heterocycles. The van der Waals surface area contributed by atoms with Gasteiger partial charge >= 0.3 is 0 Å². The van der Waals surface area contributed by atoms with Gasteiger partial charge in [0.05, 0.1) is 0 Å². The van der Waals surface area contributed by atoms with Crippen LogP contribution in [-0.2, 0) is 0 Å². The number of carbonyl (C=O) groups is 1.